The van der Waals surface area contributed by atoms with Gasteiger partial charge in [0.25, 0.3) is 5.91 Å². The van der Waals surface area contributed by atoms with Gasteiger partial charge < -0.3 is 40.0 Å². The molecule has 1 aromatic heterocycles. The van der Waals surface area contributed by atoms with E-state index in [2.05, 4.69) is 42.5 Å². The fourth-order valence-corrected chi connectivity index (χ4v) is 7.66. The second kappa shape index (κ2) is 19.0. The summed E-state index contributed by atoms with van der Waals surface area (Å²) in [4.78, 5) is 36.1. The fraction of sp³-hybridized carbons (Fsp3) is 0.356. The third-order valence-electron chi connectivity index (χ3n) is 10.2. The van der Waals surface area contributed by atoms with E-state index in [1.807, 2.05) is 63.2 Å². The number of methoxy groups -OCH3 is 2. The number of pyridine rings is 1. The average molecular weight is 838 g/mol. The van der Waals surface area contributed by atoms with Gasteiger partial charge in [-0.05, 0) is 91.6 Å². The van der Waals surface area contributed by atoms with Crippen LogP contribution in [0.15, 0.2) is 85.1 Å². The third kappa shape index (κ3) is 11.6. The smallest absolute Gasteiger partial charge is 0.323 e. The van der Waals surface area contributed by atoms with Crippen LogP contribution < -0.4 is 34.9 Å². The van der Waals surface area contributed by atoms with Gasteiger partial charge >= 0.3 is 6.03 Å². The van der Waals surface area contributed by atoms with E-state index in [9.17, 15) is 18.0 Å². The van der Waals surface area contributed by atoms with Crippen molar-refractivity contribution in [3.8, 4) is 23.0 Å². The minimum absolute atomic E-state index is 0.153. The number of carbonyl (C=O) groups excluding carboxylic acids is 2. The second-order valence-electron chi connectivity index (χ2n) is 16.1. The van der Waals surface area contributed by atoms with Gasteiger partial charge in [0.15, 0.2) is 5.75 Å². The number of likely N-dealkylation sites (N-methyl/N-ethyl adjacent to an activating group) is 1. The Labute approximate surface area is 352 Å². The number of hydrogen-bond acceptors (Lipinski definition) is 10. The first kappa shape index (κ1) is 43.7. The van der Waals surface area contributed by atoms with Crippen molar-refractivity contribution in [2.45, 2.75) is 39.0 Å². The van der Waals surface area contributed by atoms with Gasteiger partial charge in [-0.15, -0.1) is 0 Å². The van der Waals surface area contributed by atoms with Crippen molar-refractivity contribution in [3.63, 3.8) is 0 Å². The van der Waals surface area contributed by atoms with Crippen molar-refractivity contribution in [1.29, 1.82) is 0 Å². The molecule has 318 valence electrons. The topological polar surface area (TPSA) is 163 Å². The lowest BCUT2D eigenvalue weighted by atomic mass is 9.86. The molecule has 3 amide bonds. The number of sulfonamides is 1. The zero-order valence-electron chi connectivity index (χ0n) is 35.3. The number of anilines is 3. The number of rotatable bonds is 14. The number of carbonyl (C=O) groups is 2. The molecule has 60 heavy (non-hydrogen) atoms. The molecule has 2 heterocycles. The van der Waals surface area contributed by atoms with Crippen LogP contribution in [-0.2, 0) is 21.9 Å². The van der Waals surface area contributed by atoms with Gasteiger partial charge in [-0.3, -0.25) is 14.5 Å². The monoisotopic (exact) mass is 837 g/mol. The predicted octanol–water partition coefficient (Wildman–Crippen LogP) is 7.32. The van der Waals surface area contributed by atoms with Crippen LogP contribution in [0.5, 0.6) is 23.0 Å². The molecule has 0 spiro atoms. The second-order valence-corrected chi connectivity index (χ2v) is 17.8. The van der Waals surface area contributed by atoms with Crippen LogP contribution in [0.4, 0.5) is 21.9 Å². The molecule has 1 saturated heterocycles. The molecule has 14 nitrogen and oxygen atoms in total. The maximum Gasteiger partial charge on any atom is 0.323 e. The lowest BCUT2D eigenvalue weighted by Gasteiger charge is -2.24. The first-order valence-electron chi connectivity index (χ1n) is 19.9. The van der Waals surface area contributed by atoms with Gasteiger partial charge in [0.2, 0.25) is 10.0 Å². The summed E-state index contributed by atoms with van der Waals surface area (Å²) in [5, 5.41) is 10.4. The molecule has 0 radical (unpaired) electrons. The Balaban J connectivity index is 1.16. The maximum absolute atomic E-state index is 13.6. The standard InChI is InChI=1S/C45H55N7O7S/c1-45(2,3)32-27-39(42(58-6)40(28-32)50-60(7,55)56)49-44(54)48-38-13-14-41(37-12-9-8-11-36(37)38)59-34-15-16-46-33(29-34)24-30-23-31(26-35(25-30)57-5)43(53)47-17-20-52-19-10-18-51(4)21-22-52/h8-9,11-16,23,25-29,50H,10,17-22,24H2,1-7H3,(H,47,53)(H2,48,49,54). The summed E-state index contributed by atoms with van der Waals surface area (Å²) in [6.45, 7) is 11.5. The molecule has 0 bridgehead atoms. The number of ether oxygens (including phenoxy) is 3. The highest BCUT2D eigenvalue weighted by atomic mass is 32.2. The Morgan fingerprint density at radius 2 is 1.57 bits per heavy atom. The van der Waals surface area contributed by atoms with Gasteiger partial charge in [-0.2, -0.15) is 0 Å². The van der Waals surface area contributed by atoms with Crippen LogP contribution in [0, 0.1) is 0 Å². The molecular formula is C45H55N7O7S. The summed E-state index contributed by atoms with van der Waals surface area (Å²) >= 11 is 0. The summed E-state index contributed by atoms with van der Waals surface area (Å²) in [7, 11) is 1.50. The Hall–Kier alpha value is -5.90. The normalized spacial score (nSPS) is 13.9. The summed E-state index contributed by atoms with van der Waals surface area (Å²) in [5.74, 6) is 1.74. The molecule has 0 saturated carbocycles. The largest absolute Gasteiger partial charge is 0.497 e. The van der Waals surface area contributed by atoms with Gasteiger partial charge in [-0.25, -0.2) is 13.2 Å². The van der Waals surface area contributed by atoms with Crippen LogP contribution in [0.3, 0.4) is 0 Å². The van der Waals surface area contributed by atoms with Crippen molar-refractivity contribution in [3.05, 3.63) is 107 Å². The van der Waals surface area contributed by atoms with Crippen LogP contribution >= 0.6 is 0 Å². The zero-order valence-corrected chi connectivity index (χ0v) is 36.2. The molecule has 1 fully saturated rings. The number of fused-ring (bicyclic) bond motifs is 1. The number of hydrogen-bond donors (Lipinski definition) is 4. The minimum Gasteiger partial charge on any atom is -0.497 e. The average Bonchev–Trinajstić information content (AvgIpc) is 3.41. The summed E-state index contributed by atoms with van der Waals surface area (Å²) in [6.07, 6.45) is 4.29. The van der Waals surface area contributed by atoms with E-state index < -0.39 is 16.1 Å². The number of urea groups is 1. The molecule has 4 aromatic carbocycles. The third-order valence-corrected chi connectivity index (χ3v) is 10.8. The molecule has 1 aliphatic rings. The van der Waals surface area contributed by atoms with Gasteiger partial charge in [0.1, 0.15) is 17.2 Å². The zero-order chi connectivity index (χ0) is 43.0. The molecule has 0 aliphatic carbocycles. The van der Waals surface area contributed by atoms with Crippen LogP contribution in [0.1, 0.15) is 54.4 Å². The van der Waals surface area contributed by atoms with Gasteiger partial charge in [0.05, 0.1) is 37.5 Å². The van der Waals surface area contributed by atoms with Crippen molar-refractivity contribution < 1.29 is 32.2 Å². The number of nitrogens with zero attached hydrogens (tertiary/aromatic N) is 3. The molecule has 0 atom stereocenters. The highest BCUT2D eigenvalue weighted by Crippen LogP contribution is 2.40. The first-order valence-corrected chi connectivity index (χ1v) is 21.8. The summed E-state index contributed by atoms with van der Waals surface area (Å²) in [5.41, 5.74) is 3.58. The van der Waals surface area contributed by atoms with E-state index in [0.29, 0.717) is 47.2 Å². The van der Waals surface area contributed by atoms with E-state index >= 15 is 0 Å². The summed E-state index contributed by atoms with van der Waals surface area (Å²) < 4.78 is 44.5. The Morgan fingerprint density at radius 3 is 2.30 bits per heavy atom. The van der Waals surface area contributed by atoms with Gasteiger partial charge in [-0.1, -0.05) is 45.0 Å². The molecule has 4 N–H and O–H groups in total. The molecule has 5 aromatic rings. The van der Waals surface area contributed by atoms with Crippen molar-refractivity contribution in [2.75, 3.05) is 82.1 Å². The van der Waals surface area contributed by atoms with Crippen LogP contribution in [0.2, 0.25) is 0 Å². The maximum atomic E-state index is 13.6. The quantitative estimate of drug-likeness (QED) is 0.0892. The highest BCUT2D eigenvalue weighted by Gasteiger charge is 2.23. The molecular weight excluding hydrogens is 783 g/mol. The van der Waals surface area contributed by atoms with Crippen LogP contribution in [0.25, 0.3) is 10.8 Å². The fourth-order valence-electron chi connectivity index (χ4n) is 7.11. The lowest BCUT2D eigenvalue weighted by Crippen LogP contribution is -2.36. The highest BCUT2D eigenvalue weighted by molar-refractivity contribution is 7.92. The van der Waals surface area contributed by atoms with E-state index in [-0.39, 0.29) is 22.8 Å². The van der Waals surface area contributed by atoms with E-state index in [1.54, 1.807) is 49.7 Å². The Morgan fingerprint density at radius 1 is 0.817 bits per heavy atom. The van der Waals surface area contributed by atoms with Crippen molar-refractivity contribution >= 4 is 49.8 Å². The molecule has 0 unspecified atom stereocenters. The molecule has 6 rings (SSSR count). The summed E-state index contributed by atoms with van der Waals surface area (Å²) in [6, 6.07) is 23.2. The van der Waals surface area contributed by atoms with E-state index in [4.69, 9.17) is 14.2 Å². The number of nitrogens with one attached hydrogen (secondary N) is 4. The van der Waals surface area contributed by atoms with E-state index in [0.717, 1.165) is 73.0 Å². The van der Waals surface area contributed by atoms with Crippen LogP contribution in [-0.4, -0.2) is 102 Å². The Bertz CT molecular complexity index is 2450. The number of amides is 3. The lowest BCUT2D eigenvalue weighted by molar-refractivity contribution is 0.0948. The SMILES string of the molecule is COc1cc(Cc2cc(Oc3ccc(NC(=O)Nc4cc(C(C)(C)C)cc(NS(C)(=O)=O)c4OC)c4ccccc34)ccn2)cc(C(=O)NCCN2CCCN(C)CC2)c1. The minimum atomic E-state index is -3.64. The first-order chi connectivity index (χ1) is 28.6. The van der Waals surface area contributed by atoms with Crippen molar-refractivity contribution in [2.24, 2.45) is 0 Å². The molecule has 1 aliphatic heterocycles. The molecule has 15 heteroatoms. The number of aromatic nitrogens is 1. The van der Waals surface area contributed by atoms with Crippen molar-refractivity contribution in [1.82, 2.24) is 20.1 Å². The predicted molar refractivity (Wildman–Crippen MR) is 238 cm³/mol. The van der Waals surface area contributed by atoms with Gasteiger partial charge in [0, 0.05) is 66.9 Å². The Kier molecular flexibility index (Phi) is 13.8. The van der Waals surface area contributed by atoms with E-state index in [1.165, 1.54) is 7.11 Å². The number of benzene rings is 4.